The molecule has 1 saturated heterocycles. The summed E-state index contributed by atoms with van der Waals surface area (Å²) in [5.74, 6) is 0. The minimum Gasteiger partial charge on any atom is -0.258 e. The van der Waals surface area contributed by atoms with E-state index in [4.69, 9.17) is 0 Å². The first-order valence-electron chi connectivity index (χ1n) is 5.68. The first-order valence-corrected chi connectivity index (χ1v) is 7.12. The van der Waals surface area contributed by atoms with Crippen molar-refractivity contribution in [1.82, 2.24) is 4.31 Å². The maximum absolute atomic E-state index is 12.3. The number of sulfonamides is 1. The lowest BCUT2D eigenvalue weighted by Gasteiger charge is -2.25. The van der Waals surface area contributed by atoms with E-state index < -0.39 is 14.9 Å². The van der Waals surface area contributed by atoms with Gasteiger partial charge in [0.25, 0.3) is 5.69 Å². The largest absolute Gasteiger partial charge is 0.278 e. The number of nitro benzene ring substituents is 1. The molecule has 1 aromatic rings. The summed E-state index contributed by atoms with van der Waals surface area (Å²) in [5, 5.41) is 10.6. The highest BCUT2D eigenvalue weighted by Crippen LogP contribution is 2.23. The number of piperidine rings is 1. The molecule has 1 radical (unpaired) electrons. The molecule has 1 aromatic carbocycles. The van der Waals surface area contributed by atoms with Gasteiger partial charge in [-0.2, -0.15) is 4.31 Å². The predicted molar refractivity (Wildman–Crippen MR) is 64.5 cm³/mol. The van der Waals surface area contributed by atoms with Crippen molar-refractivity contribution in [3.63, 3.8) is 0 Å². The van der Waals surface area contributed by atoms with Crippen LogP contribution >= 0.6 is 0 Å². The second kappa shape index (κ2) is 5.03. The van der Waals surface area contributed by atoms with Gasteiger partial charge in [0.05, 0.1) is 15.9 Å². The van der Waals surface area contributed by atoms with Crippen LogP contribution in [0, 0.1) is 16.2 Å². The van der Waals surface area contributed by atoms with Crippen molar-refractivity contribution in [2.24, 2.45) is 0 Å². The van der Waals surface area contributed by atoms with Gasteiger partial charge in [-0.3, -0.25) is 10.1 Å². The van der Waals surface area contributed by atoms with Crippen LogP contribution in [0.1, 0.15) is 19.3 Å². The number of benzene rings is 1. The molecule has 1 aliphatic rings. The number of non-ortho nitro benzene ring substituents is 1. The molecule has 0 aliphatic carbocycles. The summed E-state index contributed by atoms with van der Waals surface area (Å²) >= 11 is 0. The lowest BCUT2D eigenvalue weighted by atomic mass is 10.2. The maximum Gasteiger partial charge on any atom is 0.278 e. The van der Waals surface area contributed by atoms with Crippen LogP contribution in [-0.4, -0.2) is 30.7 Å². The van der Waals surface area contributed by atoms with E-state index in [0.29, 0.717) is 13.1 Å². The summed E-state index contributed by atoms with van der Waals surface area (Å²) in [7, 11) is -3.61. The van der Waals surface area contributed by atoms with E-state index in [9.17, 15) is 18.5 Å². The highest BCUT2D eigenvalue weighted by Gasteiger charge is 2.27. The van der Waals surface area contributed by atoms with Crippen molar-refractivity contribution in [2.75, 3.05) is 13.1 Å². The van der Waals surface area contributed by atoms with Gasteiger partial charge in [0, 0.05) is 19.2 Å². The van der Waals surface area contributed by atoms with E-state index in [-0.39, 0.29) is 10.6 Å². The van der Waals surface area contributed by atoms with Crippen LogP contribution in [0.3, 0.4) is 0 Å². The molecule has 0 saturated carbocycles. The van der Waals surface area contributed by atoms with Crippen LogP contribution < -0.4 is 0 Å². The molecule has 0 spiro atoms. The fourth-order valence-corrected chi connectivity index (χ4v) is 3.49. The van der Waals surface area contributed by atoms with Crippen molar-refractivity contribution in [2.45, 2.75) is 24.2 Å². The fraction of sp³-hybridized carbons (Fsp3) is 0.455. The molecular weight excluding hydrogens is 256 g/mol. The van der Waals surface area contributed by atoms with E-state index in [2.05, 4.69) is 6.07 Å². The number of hydrogen-bond donors (Lipinski definition) is 0. The van der Waals surface area contributed by atoms with Gasteiger partial charge in [-0.1, -0.05) is 6.42 Å². The lowest BCUT2D eigenvalue weighted by molar-refractivity contribution is -0.385. The van der Waals surface area contributed by atoms with Crippen LogP contribution in [-0.2, 0) is 10.0 Å². The first-order chi connectivity index (χ1) is 8.51. The fourth-order valence-electron chi connectivity index (χ4n) is 1.95. The third kappa shape index (κ3) is 2.51. The summed E-state index contributed by atoms with van der Waals surface area (Å²) in [6, 6.07) is 6.08. The SMILES string of the molecule is O=[N+]([O-])c1[c]ccc(S(=O)(=O)N2CCCCC2)c1. The Labute approximate surface area is 105 Å². The first kappa shape index (κ1) is 13.0. The third-order valence-electron chi connectivity index (χ3n) is 2.91. The Balaban J connectivity index is 2.34. The standard InChI is InChI=1S/C11H13N2O4S/c14-13(15)10-5-4-6-11(9-10)18(16,17)12-7-2-1-3-8-12/h4,6,9H,1-3,7-8H2. The second-order valence-electron chi connectivity index (χ2n) is 4.13. The predicted octanol–water partition coefficient (Wildman–Crippen LogP) is 1.57. The second-order valence-corrected chi connectivity index (χ2v) is 6.07. The molecule has 0 atom stereocenters. The molecule has 1 heterocycles. The van der Waals surface area contributed by atoms with Crippen molar-refractivity contribution >= 4 is 15.7 Å². The number of rotatable bonds is 3. The zero-order chi connectivity index (χ0) is 13.2. The van der Waals surface area contributed by atoms with E-state index in [1.54, 1.807) is 0 Å². The monoisotopic (exact) mass is 269 g/mol. The zero-order valence-corrected chi connectivity index (χ0v) is 10.5. The summed E-state index contributed by atoms with van der Waals surface area (Å²) in [6.45, 7) is 0.962. The molecule has 2 rings (SSSR count). The van der Waals surface area contributed by atoms with Crippen LogP contribution in [0.15, 0.2) is 23.1 Å². The molecule has 1 fully saturated rings. The smallest absolute Gasteiger partial charge is 0.258 e. The topological polar surface area (TPSA) is 80.5 Å². The van der Waals surface area contributed by atoms with Gasteiger partial charge in [0.15, 0.2) is 0 Å². The number of nitro groups is 1. The van der Waals surface area contributed by atoms with E-state index >= 15 is 0 Å². The average molecular weight is 269 g/mol. The molecule has 0 N–H and O–H groups in total. The van der Waals surface area contributed by atoms with E-state index in [1.807, 2.05) is 0 Å². The molecule has 0 amide bonds. The van der Waals surface area contributed by atoms with Crippen LogP contribution in [0.2, 0.25) is 0 Å². The highest BCUT2D eigenvalue weighted by molar-refractivity contribution is 7.89. The summed E-state index contributed by atoms with van der Waals surface area (Å²) in [4.78, 5) is 9.95. The van der Waals surface area contributed by atoms with Gasteiger partial charge in [-0.25, -0.2) is 8.42 Å². The lowest BCUT2D eigenvalue weighted by Crippen LogP contribution is -2.35. The van der Waals surface area contributed by atoms with Crippen LogP contribution in [0.5, 0.6) is 0 Å². The highest BCUT2D eigenvalue weighted by atomic mass is 32.2. The van der Waals surface area contributed by atoms with Crippen LogP contribution in [0.25, 0.3) is 0 Å². The van der Waals surface area contributed by atoms with E-state index in [1.165, 1.54) is 16.4 Å². The molecular formula is C11H13N2O4S. The number of hydrogen-bond acceptors (Lipinski definition) is 4. The van der Waals surface area contributed by atoms with Crippen molar-refractivity contribution < 1.29 is 13.3 Å². The normalized spacial score (nSPS) is 17.6. The number of nitrogens with zero attached hydrogens (tertiary/aromatic N) is 2. The van der Waals surface area contributed by atoms with Crippen molar-refractivity contribution in [3.05, 3.63) is 34.4 Å². The Bertz CT molecular complexity index is 550. The summed E-state index contributed by atoms with van der Waals surface area (Å²) < 4.78 is 25.9. The zero-order valence-electron chi connectivity index (χ0n) is 9.70. The molecule has 97 valence electrons. The molecule has 18 heavy (non-hydrogen) atoms. The Morgan fingerprint density at radius 1 is 1.28 bits per heavy atom. The molecule has 0 bridgehead atoms. The minimum absolute atomic E-state index is 0.0325. The van der Waals surface area contributed by atoms with Gasteiger partial charge < -0.3 is 0 Å². The Kier molecular flexibility index (Phi) is 3.63. The van der Waals surface area contributed by atoms with Crippen molar-refractivity contribution in [3.8, 4) is 0 Å². The van der Waals surface area contributed by atoms with Gasteiger partial charge in [-0.15, -0.1) is 0 Å². The molecule has 0 aromatic heterocycles. The summed E-state index contributed by atoms with van der Waals surface area (Å²) in [6.07, 6.45) is 2.69. The molecule has 0 unspecified atom stereocenters. The average Bonchev–Trinajstić information content (AvgIpc) is 2.40. The van der Waals surface area contributed by atoms with Gasteiger partial charge in [-0.05, 0) is 25.0 Å². The Morgan fingerprint density at radius 3 is 2.56 bits per heavy atom. The van der Waals surface area contributed by atoms with E-state index in [0.717, 1.165) is 25.3 Å². The summed E-state index contributed by atoms with van der Waals surface area (Å²) in [5.41, 5.74) is -0.326. The quantitative estimate of drug-likeness (QED) is 0.616. The van der Waals surface area contributed by atoms with Crippen molar-refractivity contribution in [1.29, 1.82) is 0 Å². The molecule has 1 aliphatic heterocycles. The van der Waals surface area contributed by atoms with Crippen LogP contribution in [0.4, 0.5) is 5.69 Å². The van der Waals surface area contributed by atoms with Gasteiger partial charge in [0.1, 0.15) is 0 Å². The van der Waals surface area contributed by atoms with Gasteiger partial charge >= 0.3 is 0 Å². The third-order valence-corrected chi connectivity index (χ3v) is 4.80. The van der Waals surface area contributed by atoms with Gasteiger partial charge in [0.2, 0.25) is 10.0 Å². The minimum atomic E-state index is -3.61. The Hall–Kier alpha value is -1.47. The Morgan fingerprint density at radius 2 is 1.94 bits per heavy atom. The molecule has 6 nitrogen and oxygen atoms in total. The maximum atomic E-state index is 12.3. The molecule has 7 heteroatoms.